The van der Waals surface area contributed by atoms with Gasteiger partial charge < -0.3 is 15.5 Å². The van der Waals surface area contributed by atoms with Crippen LogP contribution in [0.5, 0.6) is 0 Å². The Morgan fingerprint density at radius 2 is 1.30 bits per heavy atom. The average Bonchev–Trinajstić information content (AvgIpc) is 2.80. The van der Waals surface area contributed by atoms with Crippen LogP contribution in [0.25, 0.3) is 0 Å². The summed E-state index contributed by atoms with van der Waals surface area (Å²) in [4.78, 5) is 15.4. The summed E-state index contributed by atoms with van der Waals surface area (Å²) < 4.78 is 0.986. The van der Waals surface area contributed by atoms with Gasteiger partial charge in [0.05, 0.1) is 11.9 Å². The van der Waals surface area contributed by atoms with E-state index in [1.54, 1.807) is 6.21 Å². The van der Waals surface area contributed by atoms with Gasteiger partial charge in [0, 0.05) is 29.9 Å². The van der Waals surface area contributed by atoms with Gasteiger partial charge in [-0.1, -0.05) is 42.5 Å². The first kappa shape index (κ1) is 22.2. The molecule has 0 amide bonds. The molecule has 0 radical (unpaired) electrons. The van der Waals surface area contributed by atoms with Crippen molar-refractivity contribution in [2.24, 2.45) is 5.10 Å². The second kappa shape index (κ2) is 10.6. The minimum Gasteiger partial charge on any atom is -0.377 e. The van der Waals surface area contributed by atoms with Crippen LogP contribution in [0.4, 0.5) is 34.9 Å². The van der Waals surface area contributed by atoms with Crippen molar-refractivity contribution in [3.8, 4) is 0 Å². The molecule has 0 unspecified atom stereocenters. The first-order valence-electron chi connectivity index (χ1n) is 10.2. The van der Waals surface area contributed by atoms with Gasteiger partial charge >= 0.3 is 0 Å². The highest BCUT2D eigenvalue weighted by Gasteiger charge is 2.08. The molecule has 3 N–H and O–H groups in total. The van der Waals surface area contributed by atoms with Gasteiger partial charge in [-0.15, -0.1) is 0 Å². The van der Waals surface area contributed by atoms with E-state index in [9.17, 15) is 0 Å². The average molecular weight is 503 g/mol. The van der Waals surface area contributed by atoms with Gasteiger partial charge in [-0.3, -0.25) is 0 Å². The van der Waals surface area contributed by atoms with Gasteiger partial charge in [0.25, 0.3) is 0 Å². The predicted octanol–water partition coefficient (Wildman–Crippen LogP) is 5.63. The number of para-hydroxylation sites is 2. The molecule has 0 spiro atoms. The van der Waals surface area contributed by atoms with E-state index in [4.69, 9.17) is 0 Å². The molecule has 8 nitrogen and oxygen atoms in total. The van der Waals surface area contributed by atoms with Crippen molar-refractivity contribution in [2.75, 3.05) is 35.1 Å². The van der Waals surface area contributed by atoms with Gasteiger partial charge in [0.15, 0.2) is 0 Å². The minimum atomic E-state index is 0.307. The lowest BCUT2D eigenvalue weighted by molar-refractivity contribution is 1.04. The molecule has 1 aromatic heterocycles. The van der Waals surface area contributed by atoms with Crippen molar-refractivity contribution < 1.29 is 0 Å². The monoisotopic (exact) mass is 502 g/mol. The summed E-state index contributed by atoms with van der Waals surface area (Å²) in [6.45, 7) is 0. The van der Waals surface area contributed by atoms with E-state index in [1.807, 2.05) is 97.9 Å². The molecule has 33 heavy (non-hydrogen) atoms. The minimum absolute atomic E-state index is 0.307. The van der Waals surface area contributed by atoms with Crippen molar-refractivity contribution in [3.05, 3.63) is 88.9 Å². The SMILES string of the molecule is CN(C)c1ccc(/C=N\Nc2nc(Nc3ccccc3)nc(Nc3ccccc3)n2)cc1Br. The Labute approximate surface area is 200 Å². The summed E-state index contributed by atoms with van der Waals surface area (Å²) in [6.07, 6.45) is 1.71. The maximum absolute atomic E-state index is 4.48. The summed E-state index contributed by atoms with van der Waals surface area (Å²) in [6, 6.07) is 25.4. The predicted molar refractivity (Wildman–Crippen MR) is 139 cm³/mol. The molecule has 9 heteroatoms. The second-order valence-corrected chi connectivity index (χ2v) is 8.12. The number of hydrazone groups is 1. The zero-order valence-corrected chi connectivity index (χ0v) is 19.8. The van der Waals surface area contributed by atoms with Crippen LogP contribution in [0.1, 0.15) is 5.56 Å². The zero-order valence-electron chi connectivity index (χ0n) is 18.2. The summed E-state index contributed by atoms with van der Waals surface area (Å²) >= 11 is 3.59. The Bertz CT molecular complexity index is 1170. The van der Waals surface area contributed by atoms with Crippen molar-refractivity contribution in [2.45, 2.75) is 0 Å². The van der Waals surface area contributed by atoms with E-state index in [0.717, 1.165) is 27.1 Å². The Kier molecular flexibility index (Phi) is 7.11. The van der Waals surface area contributed by atoms with Crippen molar-refractivity contribution in [1.82, 2.24) is 15.0 Å². The smallest absolute Gasteiger partial charge is 0.250 e. The number of benzene rings is 3. The Morgan fingerprint density at radius 3 is 1.82 bits per heavy atom. The Hall–Kier alpha value is -3.98. The normalized spacial score (nSPS) is 10.8. The molecule has 0 saturated heterocycles. The highest BCUT2D eigenvalue weighted by Crippen LogP contribution is 2.25. The van der Waals surface area contributed by atoms with Gasteiger partial charge in [-0.2, -0.15) is 20.1 Å². The summed E-state index contributed by atoms with van der Waals surface area (Å²) in [5.41, 5.74) is 6.66. The first-order valence-corrected chi connectivity index (χ1v) is 11.0. The second-order valence-electron chi connectivity index (χ2n) is 7.26. The molecule has 0 atom stereocenters. The topological polar surface area (TPSA) is 90.4 Å². The molecular formula is C24H23BrN8. The molecule has 1 heterocycles. The molecule has 0 fully saturated rings. The standard InChI is InChI=1S/C24H23BrN8/c1-33(2)21-14-13-17(15-20(21)25)16-26-32-24-30-22(27-18-9-5-3-6-10-18)29-23(31-24)28-19-11-7-4-8-12-19/h3-16H,1-2H3,(H3,27,28,29,30,31,32)/b26-16-. The molecular weight excluding hydrogens is 480 g/mol. The largest absolute Gasteiger partial charge is 0.377 e. The number of nitrogens with one attached hydrogen (secondary N) is 3. The van der Waals surface area contributed by atoms with Crippen LogP contribution in [-0.4, -0.2) is 35.3 Å². The summed E-state index contributed by atoms with van der Waals surface area (Å²) in [7, 11) is 4.00. The fraction of sp³-hybridized carbons (Fsp3) is 0.0833. The Balaban J connectivity index is 1.55. The van der Waals surface area contributed by atoms with E-state index in [-0.39, 0.29) is 0 Å². The summed E-state index contributed by atoms with van der Waals surface area (Å²) in [5, 5.41) is 10.7. The van der Waals surface area contributed by atoms with E-state index < -0.39 is 0 Å². The van der Waals surface area contributed by atoms with Crippen LogP contribution in [0.15, 0.2) is 88.4 Å². The molecule has 0 bridgehead atoms. The van der Waals surface area contributed by atoms with Crippen LogP contribution in [0, 0.1) is 0 Å². The molecule has 4 aromatic rings. The van der Waals surface area contributed by atoms with Gasteiger partial charge in [0.1, 0.15) is 0 Å². The van der Waals surface area contributed by atoms with E-state index in [2.05, 4.69) is 52.0 Å². The van der Waals surface area contributed by atoms with Crippen LogP contribution in [-0.2, 0) is 0 Å². The van der Waals surface area contributed by atoms with Gasteiger partial charge in [-0.05, 0) is 57.9 Å². The molecule has 3 aromatic carbocycles. The zero-order chi connectivity index (χ0) is 23.0. The maximum atomic E-state index is 4.48. The van der Waals surface area contributed by atoms with E-state index >= 15 is 0 Å². The maximum Gasteiger partial charge on any atom is 0.250 e. The summed E-state index contributed by atoms with van der Waals surface area (Å²) in [5.74, 6) is 1.10. The number of rotatable bonds is 8. The highest BCUT2D eigenvalue weighted by atomic mass is 79.9. The van der Waals surface area contributed by atoms with E-state index in [0.29, 0.717) is 17.8 Å². The van der Waals surface area contributed by atoms with Crippen LogP contribution in [0.3, 0.4) is 0 Å². The fourth-order valence-electron chi connectivity index (χ4n) is 2.97. The van der Waals surface area contributed by atoms with Crippen LogP contribution < -0.4 is 21.0 Å². The van der Waals surface area contributed by atoms with Gasteiger partial charge in [0.2, 0.25) is 17.8 Å². The fourth-order valence-corrected chi connectivity index (χ4v) is 3.72. The third-order valence-corrected chi connectivity index (χ3v) is 5.16. The number of anilines is 6. The van der Waals surface area contributed by atoms with Crippen molar-refractivity contribution in [1.29, 1.82) is 0 Å². The van der Waals surface area contributed by atoms with E-state index in [1.165, 1.54) is 0 Å². The lowest BCUT2D eigenvalue weighted by atomic mass is 10.2. The molecule has 166 valence electrons. The molecule has 0 aliphatic heterocycles. The third-order valence-electron chi connectivity index (χ3n) is 4.53. The third kappa shape index (κ3) is 6.27. The van der Waals surface area contributed by atoms with Gasteiger partial charge in [-0.25, -0.2) is 5.43 Å². The van der Waals surface area contributed by atoms with Crippen LogP contribution >= 0.6 is 15.9 Å². The highest BCUT2D eigenvalue weighted by molar-refractivity contribution is 9.10. The number of hydrogen-bond donors (Lipinski definition) is 3. The molecule has 0 aliphatic carbocycles. The first-order chi connectivity index (χ1) is 16.1. The van der Waals surface area contributed by atoms with Crippen LogP contribution in [0.2, 0.25) is 0 Å². The number of hydrogen-bond acceptors (Lipinski definition) is 8. The lowest BCUT2D eigenvalue weighted by Gasteiger charge is -2.14. The lowest BCUT2D eigenvalue weighted by Crippen LogP contribution is -2.09. The number of nitrogens with zero attached hydrogens (tertiary/aromatic N) is 5. The number of aromatic nitrogens is 3. The van der Waals surface area contributed by atoms with Crippen molar-refractivity contribution >= 4 is 57.1 Å². The molecule has 4 rings (SSSR count). The van der Waals surface area contributed by atoms with Crippen molar-refractivity contribution in [3.63, 3.8) is 0 Å². The molecule has 0 saturated carbocycles. The molecule has 0 aliphatic rings. The Morgan fingerprint density at radius 1 is 0.758 bits per heavy atom. The number of halogens is 1. The quantitative estimate of drug-likeness (QED) is 0.212.